The van der Waals surface area contributed by atoms with Gasteiger partial charge in [-0.05, 0) is 12.3 Å². The Morgan fingerprint density at radius 1 is 1.50 bits per heavy atom. The summed E-state index contributed by atoms with van der Waals surface area (Å²) >= 11 is 0. The van der Waals surface area contributed by atoms with Crippen molar-refractivity contribution in [3.05, 3.63) is 0 Å². The van der Waals surface area contributed by atoms with E-state index in [4.69, 9.17) is 10.4 Å². The summed E-state index contributed by atoms with van der Waals surface area (Å²) in [5, 5.41) is 17.1. The fourth-order valence-corrected chi connectivity index (χ4v) is 1.16. The van der Waals surface area contributed by atoms with Crippen LogP contribution in [0.1, 0.15) is 33.1 Å². The van der Waals surface area contributed by atoms with Crippen LogP contribution in [0.5, 0.6) is 0 Å². The predicted octanol–water partition coefficient (Wildman–Crippen LogP) is 2.04. The number of carboxylic acids is 1. The van der Waals surface area contributed by atoms with E-state index in [-0.39, 0.29) is 0 Å². The van der Waals surface area contributed by atoms with E-state index in [1.807, 2.05) is 13.8 Å². The molecule has 0 fully saturated rings. The van der Waals surface area contributed by atoms with Gasteiger partial charge in [0.05, 0.1) is 6.07 Å². The van der Waals surface area contributed by atoms with E-state index in [0.29, 0.717) is 12.3 Å². The zero-order valence-corrected chi connectivity index (χ0v) is 7.58. The van der Waals surface area contributed by atoms with Crippen molar-refractivity contribution < 1.29 is 9.90 Å². The molecule has 12 heavy (non-hydrogen) atoms. The van der Waals surface area contributed by atoms with Crippen LogP contribution in [0.2, 0.25) is 0 Å². The summed E-state index contributed by atoms with van der Waals surface area (Å²) in [5.74, 6) is -1.45. The normalized spacial score (nSPS) is 12.5. The quantitative estimate of drug-likeness (QED) is 0.685. The van der Waals surface area contributed by atoms with Gasteiger partial charge >= 0.3 is 5.97 Å². The summed E-state index contributed by atoms with van der Waals surface area (Å²) < 4.78 is 0. The first-order valence-electron chi connectivity index (χ1n) is 4.28. The maximum Gasteiger partial charge on any atom is 0.320 e. The van der Waals surface area contributed by atoms with Crippen LogP contribution < -0.4 is 0 Å². The van der Waals surface area contributed by atoms with Crippen LogP contribution in [-0.4, -0.2) is 11.1 Å². The first kappa shape index (κ1) is 11.0. The highest BCUT2D eigenvalue weighted by molar-refractivity contribution is 5.72. The number of nitrogens with zero attached hydrogens (tertiary/aromatic N) is 1. The van der Waals surface area contributed by atoms with E-state index in [0.717, 1.165) is 12.8 Å². The second kappa shape index (κ2) is 5.59. The molecular weight excluding hydrogens is 154 g/mol. The monoisotopic (exact) mass is 169 g/mol. The Bertz CT molecular complexity index is 179. The fraction of sp³-hybridized carbons (Fsp3) is 0.778. The molecule has 3 nitrogen and oxygen atoms in total. The molecule has 0 radical (unpaired) electrons. The topological polar surface area (TPSA) is 61.1 Å². The molecule has 1 atom stereocenters. The average Bonchev–Trinajstić information content (AvgIpc) is 2.06. The molecular formula is C9H15NO2. The van der Waals surface area contributed by atoms with E-state index in [1.54, 1.807) is 6.07 Å². The minimum Gasteiger partial charge on any atom is -0.480 e. The maximum atomic E-state index is 10.5. The Kier molecular flexibility index (Phi) is 5.11. The molecule has 0 bridgehead atoms. The predicted molar refractivity (Wildman–Crippen MR) is 45.4 cm³/mol. The van der Waals surface area contributed by atoms with Crippen molar-refractivity contribution in [2.24, 2.45) is 11.8 Å². The minimum atomic E-state index is -0.996. The molecule has 0 aliphatic heterocycles. The van der Waals surface area contributed by atoms with Crippen molar-refractivity contribution >= 4 is 5.97 Å². The molecule has 3 heteroatoms. The Morgan fingerprint density at radius 2 is 2.00 bits per heavy atom. The Balaban J connectivity index is 4.02. The number of rotatable bonds is 5. The van der Waals surface area contributed by atoms with Crippen LogP contribution in [0.25, 0.3) is 0 Å². The van der Waals surface area contributed by atoms with Crippen LogP contribution >= 0.6 is 0 Å². The van der Waals surface area contributed by atoms with Gasteiger partial charge in [-0.1, -0.05) is 26.7 Å². The second-order valence-electron chi connectivity index (χ2n) is 2.94. The Hall–Kier alpha value is -1.04. The molecule has 0 aliphatic rings. The third-order valence-electron chi connectivity index (χ3n) is 2.18. The van der Waals surface area contributed by atoms with E-state index < -0.39 is 11.9 Å². The molecule has 0 rings (SSSR count). The van der Waals surface area contributed by atoms with Gasteiger partial charge in [-0.15, -0.1) is 0 Å². The maximum absolute atomic E-state index is 10.5. The van der Waals surface area contributed by atoms with Gasteiger partial charge in [-0.3, -0.25) is 4.79 Å². The lowest BCUT2D eigenvalue weighted by atomic mass is 9.91. The van der Waals surface area contributed by atoms with Gasteiger partial charge in [0.2, 0.25) is 0 Å². The smallest absolute Gasteiger partial charge is 0.320 e. The fourth-order valence-electron chi connectivity index (χ4n) is 1.16. The number of hydrogen-bond acceptors (Lipinski definition) is 2. The average molecular weight is 169 g/mol. The van der Waals surface area contributed by atoms with Crippen LogP contribution in [0, 0.1) is 23.2 Å². The molecule has 68 valence electrons. The van der Waals surface area contributed by atoms with Crippen molar-refractivity contribution in [3.8, 4) is 6.07 Å². The van der Waals surface area contributed by atoms with Crippen LogP contribution in [-0.2, 0) is 4.79 Å². The van der Waals surface area contributed by atoms with Gasteiger partial charge in [0.15, 0.2) is 0 Å². The summed E-state index contributed by atoms with van der Waals surface area (Å²) in [4.78, 5) is 10.5. The van der Waals surface area contributed by atoms with Gasteiger partial charge in [0.1, 0.15) is 5.92 Å². The first-order valence-corrected chi connectivity index (χ1v) is 4.28. The molecule has 1 unspecified atom stereocenters. The van der Waals surface area contributed by atoms with Crippen molar-refractivity contribution in [3.63, 3.8) is 0 Å². The minimum absolute atomic E-state index is 0.366. The van der Waals surface area contributed by atoms with Gasteiger partial charge in [0, 0.05) is 0 Å². The SMILES string of the molecule is CCC(CC)CC(C#N)C(=O)O. The lowest BCUT2D eigenvalue weighted by Crippen LogP contribution is -2.15. The molecule has 0 aromatic carbocycles. The van der Waals surface area contributed by atoms with Gasteiger partial charge in [-0.25, -0.2) is 0 Å². The van der Waals surface area contributed by atoms with E-state index in [1.165, 1.54) is 0 Å². The van der Waals surface area contributed by atoms with Crippen molar-refractivity contribution in [1.29, 1.82) is 5.26 Å². The molecule has 0 heterocycles. The third-order valence-corrected chi connectivity index (χ3v) is 2.18. The molecule has 1 N–H and O–H groups in total. The highest BCUT2D eigenvalue weighted by atomic mass is 16.4. The van der Waals surface area contributed by atoms with Crippen LogP contribution in [0.15, 0.2) is 0 Å². The van der Waals surface area contributed by atoms with Crippen LogP contribution in [0.4, 0.5) is 0 Å². The highest BCUT2D eigenvalue weighted by Crippen LogP contribution is 2.18. The van der Waals surface area contributed by atoms with E-state index >= 15 is 0 Å². The molecule has 0 aromatic rings. The summed E-state index contributed by atoms with van der Waals surface area (Å²) in [6.07, 6.45) is 2.38. The number of nitriles is 1. The second-order valence-corrected chi connectivity index (χ2v) is 2.94. The number of carboxylic acid groups (broad SMARTS) is 1. The number of aliphatic carboxylic acids is 1. The summed E-state index contributed by atoms with van der Waals surface area (Å²) in [6, 6.07) is 1.80. The Labute approximate surface area is 73.0 Å². The summed E-state index contributed by atoms with van der Waals surface area (Å²) in [6.45, 7) is 4.04. The van der Waals surface area contributed by atoms with Gasteiger partial charge in [-0.2, -0.15) is 5.26 Å². The Morgan fingerprint density at radius 3 is 2.25 bits per heavy atom. The van der Waals surface area contributed by atoms with E-state index in [2.05, 4.69) is 0 Å². The van der Waals surface area contributed by atoms with Crippen molar-refractivity contribution in [2.75, 3.05) is 0 Å². The molecule has 0 aromatic heterocycles. The summed E-state index contributed by atoms with van der Waals surface area (Å²) in [7, 11) is 0. The lowest BCUT2D eigenvalue weighted by Gasteiger charge is -2.12. The largest absolute Gasteiger partial charge is 0.480 e. The molecule has 0 amide bonds. The highest BCUT2D eigenvalue weighted by Gasteiger charge is 2.19. The van der Waals surface area contributed by atoms with Crippen LogP contribution in [0.3, 0.4) is 0 Å². The summed E-state index contributed by atoms with van der Waals surface area (Å²) in [5.41, 5.74) is 0. The molecule has 0 aliphatic carbocycles. The van der Waals surface area contributed by atoms with Crippen molar-refractivity contribution in [1.82, 2.24) is 0 Å². The van der Waals surface area contributed by atoms with Gasteiger partial charge < -0.3 is 5.11 Å². The number of hydrogen-bond donors (Lipinski definition) is 1. The molecule has 0 saturated heterocycles. The zero-order valence-electron chi connectivity index (χ0n) is 7.58. The first-order chi connectivity index (χ1) is 5.65. The standard InChI is InChI=1S/C9H15NO2/c1-3-7(4-2)5-8(6-10)9(11)12/h7-8H,3-5H2,1-2H3,(H,11,12). The molecule has 0 saturated carbocycles. The van der Waals surface area contributed by atoms with Gasteiger partial charge in [0.25, 0.3) is 0 Å². The van der Waals surface area contributed by atoms with E-state index in [9.17, 15) is 4.79 Å². The molecule has 0 spiro atoms. The third kappa shape index (κ3) is 3.38. The number of carbonyl (C=O) groups is 1. The zero-order chi connectivity index (χ0) is 9.56. The lowest BCUT2D eigenvalue weighted by molar-refractivity contribution is -0.140. The van der Waals surface area contributed by atoms with Crippen molar-refractivity contribution in [2.45, 2.75) is 33.1 Å².